The predicted molar refractivity (Wildman–Crippen MR) is 64.6 cm³/mol. The fraction of sp³-hybridized carbons (Fsp3) is 0.615. The third kappa shape index (κ3) is 2.91. The summed E-state index contributed by atoms with van der Waals surface area (Å²) in [6.07, 6.45) is 7.29. The largest absolute Gasteiger partial charge is 0.294 e. The van der Waals surface area contributed by atoms with Crippen LogP contribution in [-0.4, -0.2) is 5.78 Å². The molecule has 1 saturated carbocycles. The van der Waals surface area contributed by atoms with Crippen LogP contribution in [0.1, 0.15) is 53.8 Å². The summed E-state index contributed by atoms with van der Waals surface area (Å²) in [4.78, 5) is 13.1. The maximum atomic E-state index is 11.8. The van der Waals surface area contributed by atoms with E-state index in [1.54, 1.807) is 11.3 Å². The van der Waals surface area contributed by atoms with Crippen LogP contribution in [0.4, 0.5) is 0 Å². The maximum Gasteiger partial charge on any atom is 0.163 e. The molecule has 82 valence electrons. The van der Waals surface area contributed by atoms with Gasteiger partial charge in [0.1, 0.15) is 0 Å². The second-order valence-corrected chi connectivity index (χ2v) is 5.67. The number of Topliss-reactive ketones (excluding diaryl/α,β-unsaturated/α-hetero) is 1. The highest BCUT2D eigenvalue weighted by Gasteiger charge is 2.16. The molecule has 0 bridgehead atoms. The van der Waals surface area contributed by atoms with Gasteiger partial charge in [-0.1, -0.05) is 25.7 Å². The number of carbonyl (C=O) groups is 1. The molecule has 0 amide bonds. The molecule has 1 aromatic heterocycles. The molecule has 1 fully saturated rings. The van der Waals surface area contributed by atoms with Crippen LogP contribution in [0.5, 0.6) is 0 Å². The molecule has 1 aliphatic rings. The average molecular weight is 222 g/mol. The summed E-state index contributed by atoms with van der Waals surface area (Å²) in [7, 11) is 0. The Morgan fingerprint density at radius 1 is 1.47 bits per heavy atom. The Labute approximate surface area is 95.5 Å². The van der Waals surface area contributed by atoms with Crippen molar-refractivity contribution < 1.29 is 4.79 Å². The molecule has 0 radical (unpaired) electrons. The molecule has 0 aliphatic heterocycles. The second-order valence-electron chi connectivity index (χ2n) is 4.56. The van der Waals surface area contributed by atoms with Crippen molar-refractivity contribution in [1.82, 2.24) is 0 Å². The standard InChI is InChI=1S/C13H18OS/c1-10-8-12(9-15-10)13(14)7-6-11-4-2-3-5-11/h8-9,11H,2-7H2,1H3. The summed E-state index contributed by atoms with van der Waals surface area (Å²) in [6, 6.07) is 2.02. The lowest BCUT2D eigenvalue weighted by atomic mass is 9.98. The van der Waals surface area contributed by atoms with E-state index in [0.717, 1.165) is 24.3 Å². The molecular weight excluding hydrogens is 204 g/mol. The summed E-state index contributed by atoms with van der Waals surface area (Å²) < 4.78 is 0. The molecule has 2 heteroatoms. The van der Waals surface area contributed by atoms with E-state index in [9.17, 15) is 4.79 Å². The number of ketones is 1. The lowest BCUT2D eigenvalue weighted by Gasteiger charge is -2.06. The van der Waals surface area contributed by atoms with Gasteiger partial charge < -0.3 is 0 Å². The SMILES string of the molecule is Cc1cc(C(=O)CCC2CCCC2)cs1. The number of hydrogen-bond acceptors (Lipinski definition) is 2. The van der Waals surface area contributed by atoms with E-state index in [1.165, 1.54) is 30.6 Å². The van der Waals surface area contributed by atoms with Gasteiger partial charge in [0, 0.05) is 22.2 Å². The molecule has 1 aliphatic carbocycles. The minimum atomic E-state index is 0.339. The molecule has 1 nitrogen and oxygen atoms in total. The van der Waals surface area contributed by atoms with Gasteiger partial charge in [-0.2, -0.15) is 0 Å². The van der Waals surface area contributed by atoms with Gasteiger partial charge in [-0.15, -0.1) is 11.3 Å². The van der Waals surface area contributed by atoms with Crippen molar-refractivity contribution in [1.29, 1.82) is 0 Å². The van der Waals surface area contributed by atoms with Gasteiger partial charge in [-0.05, 0) is 25.3 Å². The van der Waals surface area contributed by atoms with E-state index in [2.05, 4.69) is 6.92 Å². The molecule has 0 saturated heterocycles. The highest BCUT2D eigenvalue weighted by Crippen LogP contribution is 2.29. The number of rotatable bonds is 4. The molecular formula is C13H18OS. The highest BCUT2D eigenvalue weighted by molar-refractivity contribution is 7.10. The number of aryl methyl sites for hydroxylation is 1. The fourth-order valence-electron chi connectivity index (χ4n) is 2.37. The van der Waals surface area contributed by atoms with Crippen LogP contribution < -0.4 is 0 Å². The van der Waals surface area contributed by atoms with Crippen LogP contribution in [0.3, 0.4) is 0 Å². The van der Waals surface area contributed by atoms with Crippen LogP contribution in [-0.2, 0) is 0 Å². The Hall–Kier alpha value is -0.630. The van der Waals surface area contributed by atoms with Gasteiger partial charge in [0.2, 0.25) is 0 Å². The zero-order valence-corrected chi connectivity index (χ0v) is 10.1. The van der Waals surface area contributed by atoms with Gasteiger partial charge in [0.25, 0.3) is 0 Å². The number of thiophene rings is 1. The van der Waals surface area contributed by atoms with E-state index in [4.69, 9.17) is 0 Å². The van der Waals surface area contributed by atoms with Crippen molar-refractivity contribution in [3.63, 3.8) is 0 Å². The molecule has 15 heavy (non-hydrogen) atoms. The lowest BCUT2D eigenvalue weighted by molar-refractivity contribution is 0.0974. The van der Waals surface area contributed by atoms with E-state index in [-0.39, 0.29) is 0 Å². The van der Waals surface area contributed by atoms with Crippen LogP contribution in [0.2, 0.25) is 0 Å². The second kappa shape index (κ2) is 4.93. The van der Waals surface area contributed by atoms with E-state index in [0.29, 0.717) is 5.78 Å². The molecule has 2 rings (SSSR count). The Morgan fingerprint density at radius 2 is 2.20 bits per heavy atom. The smallest absolute Gasteiger partial charge is 0.163 e. The number of hydrogen-bond donors (Lipinski definition) is 0. The molecule has 0 unspecified atom stereocenters. The van der Waals surface area contributed by atoms with Crippen molar-refractivity contribution in [2.45, 2.75) is 45.4 Å². The van der Waals surface area contributed by atoms with Gasteiger partial charge in [-0.25, -0.2) is 0 Å². The van der Waals surface area contributed by atoms with Crippen LogP contribution in [0.15, 0.2) is 11.4 Å². The number of carbonyl (C=O) groups excluding carboxylic acids is 1. The summed E-state index contributed by atoms with van der Waals surface area (Å²) in [5.74, 6) is 1.17. The molecule has 0 spiro atoms. The zero-order chi connectivity index (χ0) is 10.7. The van der Waals surface area contributed by atoms with Crippen molar-refractivity contribution >= 4 is 17.1 Å². The molecule has 0 atom stereocenters. The van der Waals surface area contributed by atoms with Gasteiger partial charge >= 0.3 is 0 Å². The zero-order valence-electron chi connectivity index (χ0n) is 9.29. The van der Waals surface area contributed by atoms with E-state index in [1.807, 2.05) is 11.4 Å². The minimum absolute atomic E-state index is 0.339. The Bertz CT molecular complexity index is 334. The fourth-order valence-corrected chi connectivity index (χ4v) is 3.08. The third-order valence-electron chi connectivity index (χ3n) is 3.31. The first-order valence-electron chi connectivity index (χ1n) is 5.84. The first-order chi connectivity index (χ1) is 7.25. The van der Waals surface area contributed by atoms with Crippen molar-refractivity contribution in [3.8, 4) is 0 Å². The average Bonchev–Trinajstić information content (AvgIpc) is 2.84. The van der Waals surface area contributed by atoms with Crippen LogP contribution in [0, 0.1) is 12.8 Å². The minimum Gasteiger partial charge on any atom is -0.294 e. The van der Waals surface area contributed by atoms with Gasteiger partial charge in [0.05, 0.1) is 0 Å². The van der Waals surface area contributed by atoms with Crippen LogP contribution >= 0.6 is 11.3 Å². The molecule has 0 N–H and O–H groups in total. The highest BCUT2D eigenvalue weighted by atomic mass is 32.1. The predicted octanol–water partition coefficient (Wildman–Crippen LogP) is 4.21. The maximum absolute atomic E-state index is 11.8. The normalized spacial score (nSPS) is 17.1. The quantitative estimate of drug-likeness (QED) is 0.697. The Balaban J connectivity index is 1.81. The summed E-state index contributed by atoms with van der Waals surface area (Å²) in [5.41, 5.74) is 0.926. The van der Waals surface area contributed by atoms with Crippen molar-refractivity contribution in [2.24, 2.45) is 5.92 Å². The first kappa shape index (κ1) is 10.9. The topological polar surface area (TPSA) is 17.1 Å². The van der Waals surface area contributed by atoms with Gasteiger partial charge in [-0.3, -0.25) is 4.79 Å². The first-order valence-corrected chi connectivity index (χ1v) is 6.72. The van der Waals surface area contributed by atoms with Crippen LogP contribution in [0.25, 0.3) is 0 Å². The molecule has 1 heterocycles. The molecule has 1 aromatic rings. The summed E-state index contributed by atoms with van der Waals surface area (Å²) in [6.45, 7) is 2.05. The van der Waals surface area contributed by atoms with E-state index < -0.39 is 0 Å². The molecule has 0 aromatic carbocycles. The Morgan fingerprint density at radius 3 is 2.80 bits per heavy atom. The van der Waals surface area contributed by atoms with Crippen molar-refractivity contribution in [2.75, 3.05) is 0 Å². The third-order valence-corrected chi connectivity index (χ3v) is 4.17. The lowest BCUT2D eigenvalue weighted by Crippen LogP contribution is -2.01. The summed E-state index contributed by atoms with van der Waals surface area (Å²) >= 11 is 1.67. The monoisotopic (exact) mass is 222 g/mol. The van der Waals surface area contributed by atoms with E-state index >= 15 is 0 Å². The van der Waals surface area contributed by atoms with Crippen molar-refractivity contribution in [3.05, 3.63) is 21.9 Å². The summed E-state index contributed by atoms with van der Waals surface area (Å²) in [5, 5.41) is 1.99. The van der Waals surface area contributed by atoms with Gasteiger partial charge in [0.15, 0.2) is 5.78 Å². The Kier molecular flexibility index (Phi) is 3.57.